The van der Waals surface area contributed by atoms with Gasteiger partial charge in [-0.2, -0.15) is 0 Å². The molecule has 3 aromatic carbocycles. The minimum Gasteiger partial charge on any atom is -0.489 e. The molecule has 1 fully saturated rings. The van der Waals surface area contributed by atoms with Crippen molar-refractivity contribution in [1.29, 1.82) is 0 Å². The van der Waals surface area contributed by atoms with Crippen molar-refractivity contribution in [3.63, 3.8) is 0 Å². The summed E-state index contributed by atoms with van der Waals surface area (Å²) in [5, 5.41) is 3.12. The molecule has 1 saturated heterocycles. The number of halogens is 1. The van der Waals surface area contributed by atoms with Gasteiger partial charge in [0.1, 0.15) is 18.2 Å². The van der Waals surface area contributed by atoms with Gasteiger partial charge in [0.05, 0.1) is 0 Å². The van der Waals surface area contributed by atoms with Crippen LogP contribution in [0.15, 0.2) is 78.9 Å². The number of carbonyl (C=O) groups excluding carboxylic acids is 1. The van der Waals surface area contributed by atoms with E-state index in [1.165, 1.54) is 12.1 Å². The number of rotatable bonds is 7. The van der Waals surface area contributed by atoms with Crippen LogP contribution in [0.4, 0.5) is 4.39 Å². The lowest BCUT2D eigenvalue weighted by molar-refractivity contribution is 0.0487. The van der Waals surface area contributed by atoms with Crippen LogP contribution in [0.3, 0.4) is 0 Å². The van der Waals surface area contributed by atoms with Crippen molar-refractivity contribution in [3.05, 3.63) is 101 Å². The number of ether oxygens (including phenoxy) is 2. The zero-order chi connectivity index (χ0) is 21.5. The van der Waals surface area contributed by atoms with E-state index in [1.807, 2.05) is 66.7 Å². The maximum Gasteiger partial charge on any atom is 0.251 e. The van der Waals surface area contributed by atoms with Crippen molar-refractivity contribution in [2.24, 2.45) is 0 Å². The summed E-state index contributed by atoms with van der Waals surface area (Å²) in [7, 11) is 0. The fraction of sp³-hybridized carbons (Fsp3) is 0.269. The molecule has 1 amide bonds. The van der Waals surface area contributed by atoms with Crippen molar-refractivity contribution in [2.75, 3.05) is 19.8 Å². The van der Waals surface area contributed by atoms with Crippen molar-refractivity contribution in [2.45, 2.75) is 24.9 Å². The molecule has 160 valence electrons. The molecule has 4 rings (SSSR count). The maximum atomic E-state index is 13.4. The first kappa shape index (κ1) is 21.1. The third-order valence-corrected chi connectivity index (χ3v) is 5.89. The Kier molecular flexibility index (Phi) is 6.63. The van der Waals surface area contributed by atoms with Crippen molar-refractivity contribution in [1.82, 2.24) is 5.32 Å². The number of amides is 1. The summed E-state index contributed by atoms with van der Waals surface area (Å²) in [6.45, 7) is 2.02. The van der Waals surface area contributed by atoms with Crippen LogP contribution < -0.4 is 10.1 Å². The molecule has 0 aromatic heterocycles. The molecule has 1 N–H and O–H groups in total. The molecule has 0 spiro atoms. The highest BCUT2D eigenvalue weighted by Gasteiger charge is 2.35. The van der Waals surface area contributed by atoms with E-state index in [9.17, 15) is 9.18 Å². The van der Waals surface area contributed by atoms with Gasteiger partial charge >= 0.3 is 0 Å². The minimum atomic E-state index is -0.267. The first-order valence-corrected chi connectivity index (χ1v) is 10.5. The van der Waals surface area contributed by atoms with Crippen LogP contribution in [-0.4, -0.2) is 25.7 Å². The molecule has 1 aliphatic rings. The highest BCUT2D eigenvalue weighted by Crippen LogP contribution is 2.34. The molecule has 5 heteroatoms. The summed E-state index contributed by atoms with van der Waals surface area (Å²) in [5.41, 5.74) is 2.18. The van der Waals surface area contributed by atoms with Crippen LogP contribution in [0.2, 0.25) is 0 Å². The topological polar surface area (TPSA) is 47.6 Å². The quantitative estimate of drug-likeness (QED) is 0.594. The fourth-order valence-electron chi connectivity index (χ4n) is 4.02. The summed E-state index contributed by atoms with van der Waals surface area (Å²) < 4.78 is 24.8. The average molecular weight is 419 g/mol. The Morgan fingerprint density at radius 2 is 1.61 bits per heavy atom. The number of para-hydroxylation sites is 1. The summed E-state index contributed by atoms with van der Waals surface area (Å²) in [6.07, 6.45) is 1.55. The lowest BCUT2D eigenvalue weighted by atomic mass is 9.74. The Hall–Kier alpha value is -3.18. The number of hydrogen-bond acceptors (Lipinski definition) is 3. The Labute approximate surface area is 182 Å². The van der Waals surface area contributed by atoms with Crippen LogP contribution in [0.25, 0.3) is 0 Å². The molecular formula is C26H26FNO3. The van der Waals surface area contributed by atoms with Crippen LogP contribution in [0, 0.1) is 5.82 Å². The monoisotopic (exact) mass is 419 g/mol. The standard InChI is InChI=1S/C26H26FNO3/c27-22-12-10-21(11-13-22)26(14-16-30-17-15-26)19-28-25(29)24-9-5-4-6-20(24)18-31-23-7-2-1-3-8-23/h1-13H,14-19H2,(H,28,29). The Morgan fingerprint density at radius 3 is 2.35 bits per heavy atom. The third kappa shape index (κ3) is 5.12. The fourth-order valence-corrected chi connectivity index (χ4v) is 4.02. The van der Waals surface area contributed by atoms with Crippen LogP contribution in [0.1, 0.15) is 34.3 Å². The largest absolute Gasteiger partial charge is 0.489 e. The molecular weight excluding hydrogens is 393 g/mol. The molecule has 3 aromatic rings. The molecule has 31 heavy (non-hydrogen) atoms. The van der Waals surface area contributed by atoms with E-state index in [0.717, 1.165) is 29.7 Å². The SMILES string of the molecule is O=C(NCC1(c2ccc(F)cc2)CCOCC1)c1ccccc1COc1ccccc1. The lowest BCUT2D eigenvalue weighted by Gasteiger charge is -2.38. The first-order valence-electron chi connectivity index (χ1n) is 10.5. The van der Waals surface area contributed by atoms with Gasteiger partial charge in [-0.15, -0.1) is 0 Å². The molecule has 0 radical (unpaired) electrons. The molecule has 1 aliphatic heterocycles. The van der Waals surface area contributed by atoms with E-state index in [-0.39, 0.29) is 17.1 Å². The lowest BCUT2D eigenvalue weighted by Crippen LogP contribution is -2.44. The van der Waals surface area contributed by atoms with E-state index in [0.29, 0.717) is 31.9 Å². The van der Waals surface area contributed by atoms with Crippen molar-refractivity contribution < 1.29 is 18.7 Å². The van der Waals surface area contributed by atoms with Gasteiger partial charge in [0.15, 0.2) is 0 Å². The molecule has 0 saturated carbocycles. The molecule has 0 unspecified atom stereocenters. The van der Waals surface area contributed by atoms with E-state index in [1.54, 1.807) is 0 Å². The summed E-state index contributed by atoms with van der Waals surface area (Å²) in [4.78, 5) is 13.1. The first-order chi connectivity index (χ1) is 15.2. The zero-order valence-electron chi connectivity index (χ0n) is 17.4. The van der Waals surface area contributed by atoms with Gasteiger partial charge in [-0.3, -0.25) is 4.79 Å². The van der Waals surface area contributed by atoms with Gasteiger partial charge in [0, 0.05) is 36.3 Å². The highest BCUT2D eigenvalue weighted by atomic mass is 19.1. The molecule has 0 aliphatic carbocycles. The minimum absolute atomic E-state index is 0.139. The van der Waals surface area contributed by atoms with Crippen molar-refractivity contribution in [3.8, 4) is 5.75 Å². The Morgan fingerprint density at radius 1 is 0.935 bits per heavy atom. The predicted octanol–water partition coefficient (Wildman–Crippen LogP) is 4.88. The molecule has 1 heterocycles. The maximum absolute atomic E-state index is 13.4. The zero-order valence-corrected chi connectivity index (χ0v) is 17.4. The van der Waals surface area contributed by atoms with Crippen LogP contribution >= 0.6 is 0 Å². The average Bonchev–Trinajstić information content (AvgIpc) is 2.83. The second-order valence-corrected chi connectivity index (χ2v) is 7.84. The number of carbonyl (C=O) groups is 1. The highest BCUT2D eigenvalue weighted by molar-refractivity contribution is 5.95. The van der Waals surface area contributed by atoms with Gasteiger partial charge in [0.25, 0.3) is 5.91 Å². The smallest absolute Gasteiger partial charge is 0.251 e. The third-order valence-electron chi connectivity index (χ3n) is 5.89. The van der Waals surface area contributed by atoms with E-state index < -0.39 is 0 Å². The molecule has 0 bridgehead atoms. The normalized spacial score (nSPS) is 15.3. The molecule has 4 nitrogen and oxygen atoms in total. The van der Waals surface area contributed by atoms with Gasteiger partial charge in [-0.05, 0) is 48.7 Å². The van der Waals surface area contributed by atoms with Crippen LogP contribution in [-0.2, 0) is 16.8 Å². The molecule has 0 atom stereocenters. The Balaban J connectivity index is 1.47. The van der Waals surface area contributed by atoms with E-state index in [4.69, 9.17) is 9.47 Å². The number of nitrogens with one attached hydrogen (secondary N) is 1. The number of benzene rings is 3. The van der Waals surface area contributed by atoms with Gasteiger partial charge in [0.2, 0.25) is 0 Å². The second-order valence-electron chi connectivity index (χ2n) is 7.84. The van der Waals surface area contributed by atoms with E-state index >= 15 is 0 Å². The van der Waals surface area contributed by atoms with Gasteiger partial charge < -0.3 is 14.8 Å². The van der Waals surface area contributed by atoms with Crippen LogP contribution in [0.5, 0.6) is 5.75 Å². The summed E-state index contributed by atoms with van der Waals surface area (Å²) in [6, 6.07) is 23.6. The number of hydrogen-bond donors (Lipinski definition) is 1. The van der Waals surface area contributed by atoms with Gasteiger partial charge in [-0.1, -0.05) is 48.5 Å². The summed E-state index contributed by atoms with van der Waals surface area (Å²) >= 11 is 0. The Bertz CT molecular complexity index is 999. The second kappa shape index (κ2) is 9.75. The van der Waals surface area contributed by atoms with Gasteiger partial charge in [-0.25, -0.2) is 4.39 Å². The van der Waals surface area contributed by atoms with E-state index in [2.05, 4.69) is 5.32 Å². The van der Waals surface area contributed by atoms with Crippen molar-refractivity contribution >= 4 is 5.91 Å². The summed E-state index contributed by atoms with van der Waals surface area (Å²) in [5.74, 6) is 0.359. The predicted molar refractivity (Wildman–Crippen MR) is 118 cm³/mol.